The Kier molecular flexibility index (Phi) is 6.68. The van der Waals surface area contributed by atoms with Gasteiger partial charge in [0.2, 0.25) is 0 Å². The topological polar surface area (TPSA) is 9.23 Å². The first-order chi connectivity index (χ1) is 10.2. The molecule has 0 amide bonds. The van der Waals surface area contributed by atoms with Gasteiger partial charge in [-0.2, -0.15) is 0 Å². The van der Waals surface area contributed by atoms with E-state index < -0.39 is 0 Å². The van der Waals surface area contributed by atoms with Crippen LogP contribution >= 0.6 is 11.8 Å². The van der Waals surface area contributed by atoms with Gasteiger partial charge in [0.05, 0.1) is 0 Å². The lowest BCUT2D eigenvalue weighted by molar-refractivity contribution is 0.0382. The number of ether oxygens (including phenoxy) is 1. The van der Waals surface area contributed by atoms with Crippen molar-refractivity contribution < 1.29 is 4.74 Å². The van der Waals surface area contributed by atoms with Crippen molar-refractivity contribution in [3.05, 3.63) is 12.7 Å². The zero-order valence-corrected chi connectivity index (χ0v) is 15.0. The van der Waals surface area contributed by atoms with Crippen LogP contribution in [0, 0.1) is 5.41 Å². The molecule has 0 spiro atoms. The summed E-state index contributed by atoms with van der Waals surface area (Å²) in [6.07, 6.45) is 16.7. The fourth-order valence-corrected chi connectivity index (χ4v) is 6.23. The lowest BCUT2D eigenvalue weighted by Gasteiger charge is -2.40. The first kappa shape index (κ1) is 17.4. The van der Waals surface area contributed by atoms with Crippen LogP contribution in [0.1, 0.15) is 84.5 Å². The summed E-state index contributed by atoms with van der Waals surface area (Å²) in [5.74, 6) is 0. The predicted molar refractivity (Wildman–Crippen MR) is 94.8 cm³/mol. The van der Waals surface area contributed by atoms with Crippen LogP contribution in [0.5, 0.6) is 0 Å². The van der Waals surface area contributed by atoms with E-state index in [0.29, 0.717) is 5.41 Å². The third kappa shape index (κ3) is 3.88. The smallest absolute Gasteiger partial charge is 0.119 e. The number of thioether (sulfide) groups is 1. The molecule has 0 aromatic heterocycles. The highest BCUT2D eigenvalue weighted by Crippen LogP contribution is 2.63. The minimum absolute atomic E-state index is 0.115. The second-order valence-corrected chi connectivity index (χ2v) is 8.81. The van der Waals surface area contributed by atoms with Crippen molar-refractivity contribution >= 4 is 11.8 Å². The molecule has 0 aromatic rings. The van der Waals surface area contributed by atoms with Gasteiger partial charge in [-0.1, -0.05) is 52.0 Å². The minimum Gasteiger partial charge on any atom is -0.364 e. The number of hydrogen-bond donors (Lipinski definition) is 0. The van der Waals surface area contributed by atoms with E-state index in [2.05, 4.69) is 38.3 Å². The van der Waals surface area contributed by atoms with Crippen molar-refractivity contribution in [2.75, 3.05) is 6.61 Å². The molecule has 0 bridgehead atoms. The quantitative estimate of drug-likeness (QED) is 0.344. The summed E-state index contributed by atoms with van der Waals surface area (Å²) in [5.41, 5.74) is 0.399. The fourth-order valence-electron chi connectivity index (χ4n) is 4.34. The summed E-state index contributed by atoms with van der Waals surface area (Å²) in [7, 11) is 0. The van der Waals surface area contributed by atoms with Crippen LogP contribution in [0.15, 0.2) is 12.7 Å². The van der Waals surface area contributed by atoms with E-state index in [9.17, 15) is 0 Å². The highest BCUT2D eigenvalue weighted by atomic mass is 32.2. The molecule has 2 heteroatoms. The Morgan fingerprint density at radius 2 is 2.00 bits per heavy atom. The molecule has 122 valence electrons. The van der Waals surface area contributed by atoms with Crippen molar-refractivity contribution in [1.29, 1.82) is 0 Å². The number of rotatable bonds is 10. The lowest BCUT2D eigenvalue weighted by atomic mass is 9.79. The predicted octanol–water partition coefficient (Wildman–Crippen LogP) is 6.33. The van der Waals surface area contributed by atoms with Gasteiger partial charge in [0.1, 0.15) is 4.93 Å². The Labute approximate surface area is 136 Å². The molecular weight excluding hydrogens is 276 g/mol. The largest absolute Gasteiger partial charge is 0.364 e. The zero-order valence-electron chi connectivity index (χ0n) is 14.2. The fraction of sp³-hybridized carbons (Fsp3) is 0.895. The van der Waals surface area contributed by atoms with Gasteiger partial charge in [-0.05, 0) is 38.5 Å². The van der Waals surface area contributed by atoms with Gasteiger partial charge >= 0.3 is 0 Å². The van der Waals surface area contributed by atoms with Crippen LogP contribution < -0.4 is 0 Å². The molecule has 1 saturated carbocycles. The molecule has 1 aliphatic carbocycles. The maximum Gasteiger partial charge on any atom is 0.119 e. The summed E-state index contributed by atoms with van der Waals surface area (Å²) in [5, 5.41) is 0.729. The first-order valence-electron chi connectivity index (χ1n) is 9.11. The van der Waals surface area contributed by atoms with E-state index in [1.54, 1.807) is 0 Å². The summed E-state index contributed by atoms with van der Waals surface area (Å²) in [6, 6.07) is 0. The summed E-state index contributed by atoms with van der Waals surface area (Å²) in [6.45, 7) is 9.67. The third-order valence-electron chi connectivity index (χ3n) is 5.53. The van der Waals surface area contributed by atoms with Gasteiger partial charge in [-0.3, -0.25) is 0 Å². The Balaban J connectivity index is 1.83. The molecule has 2 fully saturated rings. The maximum absolute atomic E-state index is 6.35. The van der Waals surface area contributed by atoms with Crippen molar-refractivity contribution in [2.45, 2.75) is 94.7 Å². The Bertz CT molecular complexity index is 316. The zero-order chi connectivity index (χ0) is 15.2. The van der Waals surface area contributed by atoms with Gasteiger partial charge in [-0.25, -0.2) is 0 Å². The van der Waals surface area contributed by atoms with Gasteiger partial charge in [0.15, 0.2) is 0 Å². The van der Waals surface area contributed by atoms with Crippen LogP contribution in [0.25, 0.3) is 0 Å². The van der Waals surface area contributed by atoms with E-state index in [-0.39, 0.29) is 4.93 Å². The van der Waals surface area contributed by atoms with E-state index in [1.165, 1.54) is 64.2 Å². The van der Waals surface area contributed by atoms with Crippen LogP contribution in [-0.4, -0.2) is 16.8 Å². The van der Waals surface area contributed by atoms with Crippen molar-refractivity contribution in [3.8, 4) is 0 Å². The lowest BCUT2D eigenvalue weighted by Crippen LogP contribution is -2.38. The van der Waals surface area contributed by atoms with Gasteiger partial charge in [-0.15, -0.1) is 18.3 Å². The molecule has 1 saturated heterocycles. The van der Waals surface area contributed by atoms with Crippen LogP contribution in [0.2, 0.25) is 0 Å². The molecule has 3 atom stereocenters. The van der Waals surface area contributed by atoms with E-state index in [4.69, 9.17) is 4.74 Å². The molecular formula is C19H34OS. The van der Waals surface area contributed by atoms with Crippen molar-refractivity contribution in [1.82, 2.24) is 0 Å². The second kappa shape index (κ2) is 8.06. The molecule has 1 nitrogen and oxygen atoms in total. The molecule has 0 aromatic carbocycles. The number of allylic oxidation sites excluding steroid dienone is 1. The molecule has 2 rings (SSSR count). The summed E-state index contributed by atoms with van der Waals surface area (Å²) >= 11 is 2.16. The Hall–Kier alpha value is 0.0500. The molecule has 0 N–H and O–H groups in total. The Morgan fingerprint density at radius 3 is 2.76 bits per heavy atom. The van der Waals surface area contributed by atoms with Gasteiger partial charge in [0.25, 0.3) is 0 Å². The highest BCUT2D eigenvalue weighted by Gasteiger charge is 2.59. The normalized spacial score (nSPS) is 33.0. The van der Waals surface area contributed by atoms with E-state index >= 15 is 0 Å². The summed E-state index contributed by atoms with van der Waals surface area (Å²) in [4.78, 5) is 0.115. The maximum atomic E-state index is 6.35. The van der Waals surface area contributed by atoms with Crippen LogP contribution in [0.4, 0.5) is 0 Å². The average Bonchev–Trinajstić information content (AvgIpc) is 2.93. The number of hydrogen-bond acceptors (Lipinski definition) is 2. The molecule has 2 aliphatic rings. The minimum atomic E-state index is 0.115. The molecule has 3 unspecified atom stereocenters. The van der Waals surface area contributed by atoms with Gasteiger partial charge < -0.3 is 4.74 Å². The summed E-state index contributed by atoms with van der Waals surface area (Å²) < 4.78 is 6.35. The monoisotopic (exact) mass is 310 g/mol. The van der Waals surface area contributed by atoms with E-state index in [1.807, 2.05) is 0 Å². The standard InChI is InChI=1S/C19H34OS/c1-4-6-7-8-9-11-17(3)21-19-14-10-13-18(19,12-5-2)15-16-20-19/h5,17H,2,4,6-16H2,1,3H3. The van der Waals surface area contributed by atoms with Crippen LogP contribution in [-0.2, 0) is 4.74 Å². The highest BCUT2D eigenvalue weighted by molar-refractivity contribution is 8.01. The number of unbranched alkanes of at least 4 members (excludes halogenated alkanes) is 4. The third-order valence-corrected chi connectivity index (χ3v) is 7.30. The average molecular weight is 311 g/mol. The van der Waals surface area contributed by atoms with Crippen molar-refractivity contribution in [2.24, 2.45) is 5.41 Å². The van der Waals surface area contributed by atoms with Gasteiger partial charge in [0, 0.05) is 17.3 Å². The molecule has 21 heavy (non-hydrogen) atoms. The van der Waals surface area contributed by atoms with Crippen molar-refractivity contribution in [3.63, 3.8) is 0 Å². The Morgan fingerprint density at radius 1 is 1.19 bits per heavy atom. The first-order valence-corrected chi connectivity index (χ1v) is 9.99. The second-order valence-electron chi connectivity index (χ2n) is 7.11. The number of fused-ring (bicyclic) bond motifs is 1. The SMILES string of the molecule is C=CCC12CCCC1(SC(C)CCCCCCC)OCC2. The van der Waals surface area contributed by atoms with E-state index in [0.717, 1.165) is 18.3 Å². The van der Waals surface area contributed by atoms with Crippen LogP contribution in [0.3, 0.4) is 0 Å². The molecule has 1 aliphatic heterocycles. The molecule has 1 heterocycles. The molecule has 0 radical (unpaired) electrons.